The van der Waals surface area contributed by atoms with Gasteiger partial charge < -0.3 is 5.73 Å². The van der Waals surface area contributed by atoms with E-state index < -0.39 is 0 Å². The zero-order valence-corrected chi connectivity index (χ0v) is 10.8. The van der Waals surface area contributed by atoms with E-state index in [1.54, 1.807) is 0 Å². The van der Waals surface area contributed by atoms with Crippen molar-refractivity contribution in [2.24, 2.45) is 5.73 Å². The van der Waals surface area contributed by atoms with E-state index in [4.69, 9.17) is 5.73 Å². The van der Waals surface area contributed by atoms with Crippen LogP contribution in [0.1, 0.15) is 33.8 Å². The maximum absolute atomic E-state index is 12.1. The molecule has 2 atom stereocenters. The van der Waals surface area contributed by atoms with Gasteiger partial charge in [-0.1, -0.05) is 54.6 Å². The minimum absolute atomic E-state index is 0.163. The lowest BCUT2D eigenvalue weighted by molar-refractivity contribution is 0.0993. The predicted molar refractivity (Wildman–Crippen MR) is 76.3 cm³/mol. The van der Waals surface area contributed by atoms with E-state index in [2.05, 4.69) is 12.1 Å². The molecule has 1 fully saturated rings. The summed E-state index contributed by atoms with van der Waals surface area (Å²) in [6, 6.07) is 18.1. The van der Waals surface area contributed by atoms with Gasteiger partial charge in [-0.05, 0) is 17.5 Å². The second-order valence-electron chi connectivity index (χ2n) is 5.21. The summed E-state index contributed by atoms with van der Waals surface area (Å²) in [7, 11) is 0. The summed E-state index contributed by atoms with van der Waals surface area (Å²) in [5, 5.41) is 0. The highest BCUT2D eigenvalue weighted by Gasteiger charge is 2.34. The summed E-state index contributed by atoms with van der Waals surface area (Å²) in [6.07, 6.45) is 1.54. The summed E-state index contributed by atoms with van der Waals surface area (Å²) in [5.74, 6) is 0.690. The number of Topliss-reactive ketones (excluding diaryl/α,β-unsaturated/α-hetero) is 1. The molecule has 3 rings (SSSR count). The van der Waals surface area contributed by atoms with Crippen molar-refractivity contribution in [2.45, 2.75) is 24.8 Å². The van der Waals surface area contributed by atoms with Gasteiger partial charge in [-0.25, -0.2) is 0 Å². The first-order valence-electron chi connectivity index (χ1n) is 6.67. The molecule has 1 aliphatic rings. The number of hydrogen-bond acceptors (Lipinski definition) is 2. The van der Waals surface area contributed by atoms with Gasteiger partial charge in [0.15, 0.2) is 5.78 Å². The monoisotopic (exact) mass is 251 g/mol. The number of rotatable bonds is 4. The molecule has 19 heavy (non-hydrogen) atoms. The van der Waals surface area contributed by atoms with Crippen molar-refractivity contribution < 1.29 is 4.79 Å². The molecule has 1 aliphatic carbocycles. The van der Waals surface area contributed by atoms with Crippen molar-refractivity contribution >= 4 is 5.78 Å². The van der Waals surface area contributed by atoms with Crippen LogP contribution in [0.25, 0.3) is 0 Å². The lowest BCUT2D eigenvalue weighted by Gasteiger charge is -2.03. The Hall–Kier alpha value is -1.93. The van der Waals surface area contributed by atoms with Crippen molar-refractivity contribution in [3.63, 3.8) is 0 Å². The van der Waals surface area contributed by atoms with E-state index in [0.29, 0.717) is 18.4 Å². The third-order valence-corrected chi connectivity index (χ3v) is 3.71. The van der Waals surface area contributed by atoms with E-state index in [-0.39, 0.29) is 5.78 Å². The fourth-order valence-electron chi connectivity index (χ4n) is 2.39. The van der Waals surface area contributed by atoms with E-state index in [9.17, 15) is 4.79 Å². The van der Waals surface area contributed by atoms with Crippen LogP contribution in [0.15, 0.2) is 54.6 Å². The Labute approximate surface area is 113 Å². The van der Waals surface area contributed by atoms with E-state index >= 15 is 0 Å². The third-order valence-electron chi connectivity index (χ3n) is 3.71. The SMILES string of the molecule is N[C@@H]1C[C@H]1c1ccc(CC(=O)c2ccccc2)cc1. The summed E-state index contributed by atoms with van der Waals surface area (Å²) in [5.41, 5.74) is 8.97. The zero-order chi connectivity index (χ0) is 13.2. The fraction of sp³-hybridized carbons (Fsp3) is 0.235. The van der Waals surface area contributed by atoms with Crippen LogP contribution in [0.5, 0.6) is 0 Å². The molecular formula is C17H17NO. The lowest BCUT2D eigenvalue weighted by Crippen LogP contribution is -2.04. The highest BCUT2D eigenvalue weighted by atomic mass is 16.1. The molecule has 2 aromatic carbocycles. The molecule has 0 spiro atoms. The van der Waals surface area contributed by atoms with Crippen LogP contribution < -0.4 is 5.73 Å². The molecule has 0 amide bonds. The lowest BCUT2D eigenvalue weighted by atomic mass is 10.0. The molecule has 0 radical (unpaired) electrons. The van der Waals surface area contributed by atoms with E-state index in [1.807, 2.05) is 42.5 Å². The standard InChI is InChI=1S/C17H17NO/c18-16-11-15(16)13-8-6-12(7-9-13)10-17(19)14-4-2-1-3-5-14/h1-9,15-16H,10-11,18H2/t15-,16+/m0/s1. The molecule has 2 N–H and O–H groups in total. The second-order valence-corrected chi connectivity index (χ2v) is 5.21. The zero-order valence-electron chi connectivity index (χ0n) is 10.8. The molecule has 2 nitrogen and oxygen atoms in total. The molecule has 0 unspecified atom stereocenters. The van der Waals surface area contributed by atoms with Crippen molar-refractivity contribution in [1.29, 1.82) is 0 Å². The Morgan fingerprint density at radius 1 is 1.05 bits per heavy atom. The molecule has 0 aromatic heterocycles. The quantitative estimate of drug-likeness (QED) is 0.849. The first-order valence-corrected chi connectivity index (χ1v) is 6.67. The number of benzene rings is 2. The Morgan fingerprint density at radius 2 is 1.68 bits per heavy atom. The van der Waals surface area contributed by atoms with Crippen molar-refractivity contribution in [1.82, 2.24) is 0 Å². The van der Waals surface area contributed by atoms with Crippen LogP contribution >= 0.6 is 0 Å². The molecule has 2 aromatic rings. The van der Waals surface area contributed by atoms with Gasteiger partial charge in [0, 0.05) is 23.9 Å². The number of carbonyl (C=O) groups is 1. The van der Waals surface area contributed by atoms with Crippen LogP contribution in [0, 0.1) is 0 Å². The molecule has 0 saturated heterocycles. The Kier molecular flexibility index (Phi) is 3.18. The van der Waals surface area contributed by atoms with Crippen LogP contribution in [0.3, 0.4) is 0 Å². The van der Waals surface area contributed by atoms with Gasteiger partial charge in [0.2, 0.25) is 0 Å². The Balaban J connectivity index is 1.68. The van der Waals surface area contributed by atoms with Crippen LogP contribution in [-0.2, 0) is 6.42 Å². The van der Waals surface area contributed by atoms with Crippen molar-refractivity contribution in [2.75, 3.05) is 0 Å². The number of ketones is 1. The van der Waals surface area contributed by atoms with E-state index in [0.717, 1.165) is 17.5 Å². The number of hydrogen-bond donors (Lipinski definition) is 1. The average Bonchev–Trinajstić information content (AvgIpc) is 3.18. The summed E-state index contributed by atoms with van der Waals surface area (Å²) >= 11 is 0. The number of carbonyl (C=O) groups excluding carboxylic acids is 1. The van der Waals surface area contributed by atoms with Gasteiger partial charge in [0.25, 0.3) is 0 Å². The third kappa shape index (κ3) is 2.74. The Bertz CT molecular complexity index is 574. The summed E-state index contributed by atoms with van der Waals surface area (Å²) in [6.45, 7) is 0. The highest BCUT2D eigenvalue weighted by molar-refractivity contribution is 5.97. The first-order chi connectivity index (χ1) is 9.24. The second kappa shape index (κ2) is 4.98. The molecular weight excluding hydrogens is 234 g/mol. The van der Waals surface area contributed by atoms with E-state index in [1.165, 1.54) is 5.56 Å². The maximum Gasteiger partial charge on any atom is 0.167 e. The van der Waals surface area contributed by atoms with Gasteiger partial charge in [0.05, 0.1) is 0 Å². The predicted octanol–water partition coefficient (Wildman–Crippen LogP) is 2.93. The van der Waals surface area contributed by atoms with Gasteiger partial charge in [0.1, 0.15) is 0 Å². The van der Waals surface area contributed by atoms with Crippen molar-refractivity contribution in [3.8, 4) is 0 Å². The van der Waals surface area contributed by atoms with Crippen LogP contribution in [0.4, 0.5) is 0 Å². The van der Waals surface area contributed by atoms with Gasteiger partial charge in [-0.3, -0.25) is 4.79 Å². The van der Waals surface area contributed by atoms with Crippen LogP contribution in [-0.4, -0.2) is 11.8 Å². The van der Waals surface area contributed by atoms with Gasteiger partial charge >= 0.3 is 0 Å². The largest absolute Gasteiger partial charge is 0.327 e. The molecule has 2 heteroatoms. The normalized spacial score (nSPS) is 21.1. The van der Waals surface area contributed by atoms with Crippen LogP contribution in [0.2, 0.25) is 0 Å². The van der Waals surface area contributed by atoms with Crippen molar-refractivity contribution in [3.05, 3.63) is 71.3 Å². The highest BCUT2D eigenvalue weighted by Crippen LogP contribution is 2.38. The molecule has 0 heterocycles. The van der Waals surface area contributed by atoms with Gasteiger partial charge in [-0.15, -0.1) is 0 Å². The topological polar surface area (TPSA) is 43.1 Å². The minimum Gasteiger partial charge on any atom is -0.327 e. The molecule has 0 bridgehead atoms. The molecule has 0 aliphatic heterocycles. The minimum atomic E-state index is 0.163. The smallest absolute Gasteiger partial charge is 0.167 e. The fourth-order valence-corrected chi connectivity index (χ4v) is 2.39. The molecule has 96 valence electrons. The molecule has 1 saturated carbocycles. The average molecular weight is 251 g/mol. The van der Waals surface area contributed by atoms with Gasteiger partial charge in [-0.2, -0.15) is 0 Å². The maximum atomic E-state index is 12.1. The number of nitrogens with two attached hydrogens (primary N) is 1. The summed E-state index contributed by atoms with van der Waals surface area (Å²) < 4.78 is 0. The Morgan fingerprint density at radius 3 is 2.26 bits per heavy atom. The first kappa shape index (κ1) is 12.1. The summed E-state index contributed by atoms with van der Waals surface area (Å²) in [4.78, 5) is 12.1.